The molecule has 4 heteroatoms. The number of hydrogen-bond acceptors (Lipinski definition) is 4. The molecule has 2 atom stereocenters. The van der Waals surface area contributed by atoms with E-state index in [1.807, 2.05) is 12.1 Å². The first-order valence-electron chi connectivity index (χ1n) is 5.65. The molecule has 2 rings (SSSR count). The van der Waals surface area contributed by atoms with Crippen LogP contribution in [0.3, 0.4) is 0 Å². The van der Waals surface area contributed by atoms with Crippen molar-refractivity contribution in [3.63, 3.8) is 0 Å². The van der Waals surface area contributed by atoms with Crippen molar-refractivity contribution >= 4 is 5.82 Å². The van der Waals surface area contributed by atoms with Gasteiger partial charge in [0.05, 0.1) is 18.8 Å². The first-order valence-corrected chi connectivity index (χ1v) is 5.65. The van der Waals surface area contributed by atoms with Gasteiger partial charge < -0.3 is 14.7 Å². The predicted molar refractivity (Wildman–Crippen MR) is 62.4 cm³/mol. The van der Waals surface area contributed by atoms with Crippen LogP contribution < -0.4 is 4.90 Å². The normalized spacial score (nSPS) is 25.8. The molecule has 0 amide bonds. The molecule has 16 heavy (non-hydrogen) atoms. The molecule has 0 spiro atoms. The van der Waals surface area contributed by atoms with Gasteiger partial charge in [0.25, 0.3) is 0 Å². The molecule has 0 aromatic carbocycles. The molecule has 1 N–H and O–H groups in total. The van der Waals surface area contributed by atoms with Crippen LogP contribution in [0.15, 0.2) is 18.3 Å². The van der Waals surface area contributed by atoms with E-state index in [9.17, 15) is 0 Å². The zero-order valence-corrected chi connectivity index (χ0v) is 9.76. The van der Waals surface area contributed by atoms with Crippen molar-refractivity contribution in [2.24, 2.45) is 0 Å². The van der Waals surface area contributed by atoms with Crippen LogP contribution in [-0.2, 0) is 11.3 Å². The van der Waals surface area contributed by atoms with Crippen molar-refractivity contribution in [2.75, 3.05) is 18.0 Å². The summed E-state index contributed by atoms with van der Waals surface area (Å²) in [4.78, 5) is 6.55. The summed E-state index contributed by atoms with van der Waals surface area (Å²) in [6.45, 7) is 5.90. The van der Waals surface area contributed by atoms with Crippen LogP contribution in [0.25, 0.3) is 0 Å². The number of hydrogen-bond donors (Lipinski definition) is 1. The van der Waals surface area contributed by atoms with Gasteiger partial charge in [-0.2, -0.15) is 0 Å². The van der Waals surface area contributed by atoms with Crippen LogP contribution in [0.5, 0.6) is 0 Å². The van der Waals surface area contributed by atoms with Crippen LogP contribution in [-0.4, -0.2) is 35.4 Å². The molecule has 0 unspecified atom stereocenters. The molecule has 1 fully saturated rings. The minimum absolute atomic E-state index is 0.0605. The molecule has 88 valence electrons. The number of aromatic nitrogens is 1. The molecule has 4 nitrogen and oxygen atoms in total. The summed E-state index contributed by atoms with van der Waals surface area (Å²) in [5.74, 6) is 0.925. The first-order chi connectivity index (χ1) is 7.69. The standard InChI is InChI=1S/C12H18N2O2/c1-9-6-14(7-10(2)16-9)12-5-11(8-15)3-4-13-12/h3-5,9-10,15H,6-8H2,1-2H3/t9-,10+. The zero-order chi connectivity index (χ0) is 11.5. The average Bonchev–Trinajstić information content (AvgIpc) is 2.28. The Morgan fingerprint density at radius 1 is 1.44 bits per heavy atom. The number of nitrogens with zero attached hydrogens (tertiary/aromatic N) is 2. The number of morpholine rings is 1. The lowest BCUT2D eigenvalue weighted by Gasteiger charge is -2.36. The smallest absolute Gasteiger partial charge is 0.129 e. The van der Waals surface area contributed by atoms with E-state index in [0.717, 1.165) is 24.5 Å². The van der Waals surface area contributed by atoms with Gasteiger partial charge in [-0.05, 0) is 31.5 Å². The second kappa shape index (κ2) is 4.80. The second-order valence-corrected chi connectivity index (χ2v) is 4.34. The fourth-order valence-corrected chi connectivity index (χ4v) is 2.10. The number of ether oxygens (including phenoxy) is 1. The summed E-state index contributed by atoms with van der Waals surface area (Å²) in [5.41, 5.74) is 0.900. The summed E-state index contributed by atoms with van der Waals surface area (Å²) in [6, 6.07) is 3.77. The van der Waals surface area contributed by atoms with Crippen molar-refractivity contribution in [3.8, 4) is 0 Å². The van der Waals surface area contributed by atoms with Gasteiger partial charge in [-0.25, -0.2) is 4.98 Å². The number of aliphatic hydroxyl groups excluding tert-OH is 1. The molecule has 1 saturated heterocycles. The second-order valence-electron chi connectivity index (χ2n) is 4.34. The zero-order valence-electron chi connectivity index (χ0n) is 9.76. The van der Waals surface area contributed by atoms with E-state index < -0.39 is 0 Å². The highest BCUT2D eigenvalue weighted by atomic mass is 16.5. The Morgan fingerprint density at radius 2 is 2.12 bits per heavy atom. The number of aliphatic hydroxyl groups is 1. The summed E-state index contributed by atoms with van der Waals surface area (Å²) >= 11 is 0. The maximum atomic E-state index is 9.09. The Labute approximate surface area is 95.9 Å². The van der Waals surface area contributed by atoms with E-state index in [1.54, 1.807) is 6.20 Å². The molecule has 1 aromatic rings. The molecule has 1 aliphatic heterocycles. The summed E-state index contributed by atoms with van der Waals surface area (Å²) < 4.78 is 5.68. The third-order valence-electron chi connectivity index (χ3n) is 2.74. The molecule has 0 radical (unpaired) electrons. The van der Waals surface area contributed by atoms with Crippen LogP contribution in [0, 0.1) is 0 Å². The van der Waals surface area contributed by atoms with E-state index in [2.05, 4.69) is 23.7 Å². The Kier molecular flexibility index (Phi) is 3.41. The van der Waals surface area contributed by atoms with Gasteiger partial charge in [-0.1, -0.05) is 0 Å². The number of rotatable bonds is 2. The van der Waals surface area contributed by atoms with Crippen LogP contribution in [0.2, 0.25) is 0 Å². The van der Waals surface area contributed by atoms with Crippen molar-refractivity contribution in [1.82, 2.24) is 4.98 Å². The van der Waals surface area contributed by atoms with Gasteiger partial charge >= 0.3 is 0 Å². The fraction of sp³-hybridized carbons (Fsp3) is 0.583. The van der Waals surface area contributed by atoms with Gasteiger partial charge in [-0.15, -0.1) is 0 Å². The molecule has 1 aliphatic rings. The van der Waals surface area contributed by atoms with Crippen LogP contribution in [0.4, 0.5) is 5.82 Å². The van der Waals surface area contributed by atoms with Crippen molar-refractivity contribution < 1.29 is 9.84 Å². The molecular formula is C12H18N2O2. The van der Waals surface area contributed by atoms with Crippen LogP contribution in [0.1, 0.15) is 19.4 Å². The maximum Gasteiger partial charge on any atom is 0.129 e. The molecule has 2 heterocycles. The summed E-state index contributed by atoms with van der Waals surface area (Å²) in [7, 11) is 0. The van der Waals surface area contributed by atoms with Gasteiger partial charge in [-0.3, -0.25) is 0 Å². The summed E-state index contributed by atoms with van der Waals surface area (Å²) in [5, 5.41) is 9.09. The highest BCUT2D eigenvalue weighted by Gasteiger charge is 2.22. The Morgan fingerprint density at radius 3 is 2.75 bits per heavy atom. The van der Waals surface area contributed by atoms with E-state index in [0.29, 0.717) is 0 Å². The van der Waals surface area contributed by atoms with Gasteiger partial charge in [0.2, 0.25) is 0 Å². The third kappa shape index (κ3) is 2.51. The largest absolute Gasteiger partial charge is 0.392 e. The SMILES string of the molecule is C[C@@H]1CN(c2cc(CO)ccn2)C[C@H](C)O1. The Hall–Kier alpha value is -1.13. The van der Waals surface area contributed by atoms with Crippen LogP contribution >= 0.6 is 0 Å². The van der Waals surface area contributed by atoms with Gasteiger partial charge in [0.1, 0.15) is 5.82 Å². The number of pyridine rings is 1. The fourth-order valence-electron chi connectivity index (χ4n) is 2.10. The highest BCUT2D eigenvalue weighted by molar-refractivity contribution is 5.41. The predicted octanol–water partition coefficient (Wildman–Crippen LogP) is 1.19. The Balaban J connectivity index is 2.16. The molecule has 1 aromatic heterocycles. The van der Waals surface area contributed by atoms with Gasteiger partial charge in [0.15, 0.2) is 0 Å². The molecule has 0 bridgehead atoms. The summed E-state index contributed by atoms with van der Waals surface area (Å²) in [6.07, 6.45) is 2.19. The van der Waals surface area contributed by atoms with E-state index >= 15 is 0 Å². The number of anilines is 1. The minimum atomic E-state index is 0.0605. The van der Waals surface area contributed by atoms with Crippen molar-refractivity contribution in [3.05, 3.63) is 23.9 Å². The van der Waals surface area contributed by atoms with E-state index in [-0.39, 0.29) is 18.8 Å². The molecule has 0 aliphatic carbocycles. The van der Waals surface area contributed by atoms with E-state index in [4.69, 9.17) is 9.84 Å². The molecule has 0 saturated carbocycles. The quantitative estimate of drug-likeness (QED) is 0.816. The average molecular weight is 222 g/mol. The van der Waals surface area contributed by atoms with Gasteiger partial charge in [0, 0.05) is 19.3 Å². The Bertz CT molecular complexity index is 347. The lowest BCUT2D eigenvalue weighted by atomic mass is 10.2. The van der Waals surface area contributed by atoms with E-state index in [1.165, 1.54) is 0 Å². The highest BCUT2D eigenvalue weighted by Crippen LogP contribution is 2.18. The van der Waals surface area contributed by atoms with Crippen molar-refractivity contribution in [2.45, 2.75) is 32.7 Å². The lowest BCUT2D eigenvalue weighted by Crippen LogP contribution is -2.45. The molecular weight excluding hydrogens is 204 g/mol. The third-order valence-corrected chi connectivity index (χ3v) is 2.74. The van der Waals surface area contributed by atoms with Crippen molar-refractivity contribution in [1.29, 1.82) is 0 Å². The topological polar surface area (TPSA) is 45.6 Å². The minimum Gasteiger partial charge on any atom is -0.392 e. The lowest BCUT2D eigenvalue weighted by molar-refractivity contribution is -0.00546. The monoisotopic (exact) mass is 222 g/mol. The first kappa shape index (κ1) is 11.4. The maximum absolute atomic E-state index is 9.09.